The van der Waals surface area contributed by atoms with Gasteiger partial charge in [-0.3, -0.25) is 9.88 Å². The smallest absolute Gasteiger partial charge is 0.317 e. The number of piperazine rings is 1. The fraction of sp³-hybridized carbons (Fsp3) is 0.600. The lowest BCUT2D eigenvalue weighted by molar-refractivity contribution is 0.138. The summed E-state index contributed by atoms with van der Waals surface area (Å²) in [6, 6.07) is 3.88. The van der Waals surface area contributed by atoms with Gasteiger partial charge in [-0.05, 0) is 24.6 Å². The normalized spacial score (nSPS) is 16.1. The van der Waals surface area contributed by atoms with Gasteiger partial charge in [-0.15, -0.1) is 0 Å². The van der Waals surface area contributed by atoms with Crippen molar-refractivity contribution in [3.8, 4) is 0 Å². The van der Waals surface area contributed by atoms with Crippen LogP contribution in [0, 0.1) is 0 Å². The lowest BCUT2D eigenvalue weighted by Gasteiger charge is -2.34. The zero-order valence-corrected chi connectivity index (χ0v) is 12.2. The molecule has 0 spiro atoms. The largest absolute Gasteiger partial charge is 0.334 e. The third kappa shape index (κ3) is 4.49. The molecule has 5 heteroatoms. The first-order valence-corrected chi connectivity index (χ1v) is 7.43. The molecule has 1 saturated heterocycles. The van der Waals surface area contributed by atoms with E-state index in [1.165, 1.54) is 12.8 Å². The molecule has 1 N–H and O–H groups in total. The van der Waals surface area contributed by atoms with E-state index < -0.39 is 0 Å². The second-order valence-electron chi connectivity index (χ2n) is 5.20. The zero-order chi connectivity index (χ0) is 14.2. The number of carbonyl (C=O) groups excluding carboxylic acids is 1. The van der Waals surface area contributed by atoms with Crippen molar-refractivity contribution in [2.75, 3.05) is 32.7 Å². The zero-order valence-electron chi connectivity index (χ0n) is 12.2. The molecular formula is C15H26N4O. The first-order valence-electron chi connectivity index (χ1n) is 7.43. The molecule has 0 saturated carbocycles. The standard InChI is InChI=1S/C15H24N4O.H2/c1-2-3-7-18-8-10-19(11-9-18)15(20)17-13-14-5-4-6-16-12-14;/h4-6,12H,2-3,7-11,13H2,1H3,(H,17,20);1H. The van der Waals surface area contributed by atoms with Crippen LogP contribution in [0.2, 0.25) is 0 Å². The van der Waals surface area contributed by atoms with E-state index >= 15 is 0 Å². The summed E-state index contributed by atoms with van der Waals surface area (Å²) < 4.78 is 0. The molecule has 0 unspecified atom stereocenters. The highest BCUT2D eigenvalue weighted by molar-refractivity contribution is 5.74. The molecule has 5 nitrogen and oxygen atoms in total. The third-order valence-corrected chi connectivity index (χ3v) is 3.65. The van der Waals surface area contributed by atoms with E-state index in [1.807, 2.05) is 17.0 Å². The van der Waals surface area contributed by atoms with Gasteiger partial charge in [-0.25, -0.2) is 4.79 Å². The second-order valence-corrected chi connectivity index (χ2v) is 5.20. The molecule has 0 aromatic carbocycles. The van der Waals surface area contributed by atoms with Crippen LogP contribution in [0.3, 0.4) is 0 Å². The van der Waals surface area contributed by atoms with Crippen LogP contribution in [-0.4, -0.2) is 53.5 Å². The van der Waals surface area contributed by atoms with Gasteiger partial charge in [-0.1, -0.05) is 19.4 Å². The maximum absolute atomic E-state index is 12.1. The van der Waals surface area contributed by atoms with E-state index in [1.54, 1.807) is 12.4 Å². The minimum Gasteiger partial charge on any atom is -0.334 e. The Morgan fingerprint density at radius 3 is 2.85 bits per heavy atom. The number of urea groups is 1. The number of rotatable bonds is 5. The summed E-state index contributed by atoms with van der Waals surface area (Å²) in [6.45, 7) is 7.53. The molecule has 20 heavy (non-hydrogen) atoms. The van der Waals surface area contributed by atoms with Crippen molar-refractivity contribution < 1.29 is 6.22 Å². The molecule has 2 heterocycles. The number of amides is 2. The fourth-order valence-corrected chi connectivity index (χ4v) is 2.35. The van der Waals surface area contributed by atoms with Crippen molar-refractivity contribution in [3.05, 3.63) is 30.1 Å². The summed E-state index contributed by atoms with van der Waals surface area (Å²) in [7, 11) is 0. The lowest BCUT2D eigenvalue weighted by Crippen LogP contribution is -2.51. The summed E-state index contributed by atoms with van der Waals surface area (Å²) in [5.41, 5.74) is 1.03. The van der Waals surface area contributed by atoms with Crippen LogP contribution < -0.4 is 5.32 Å². The number of aromatic nitrogens is 1. The molecule has 1 fully saturated rings. The monoisotopic (exact) mass is 278 g/mol. The molecule has 1 aromatic heterocycles. The average molecular weight is 278 g/mol. The van der Waals surface area contributed by atoms with Crippen molar-refractivity contribution >= 4 is 6.03 Å². The second kappa shape index (κ2) is 7.85. The number of hydrogen-bond acceptors (Lipinski definition) is 3. The van der Waals surface area contributed by atoms with Crippen LogP contribution in [0.5, 0.6) is 0 Å². The molecule has 0 bridgehead atoms. The van der Waals surface area contributed by atoms with Crippen molar-refractivity contribution in [1.29, 1.82) is 0 Å². The Kier molecular flexibility index (Phi) is 5.80. The van der Waals surface area contributed by atoms with E-state index in [0.29, 0.717) is 6.54 Å². The molecule has 0 aliphatic carbocycles. The Morgan fingerprint density at radius 2 is 2.20 bits per heavy atom. The maximum atomic E-state index is 12.1. The molecular weight excluding hydrogens is 252 g/mol. The van der Waals surface area contributed by atoms with Gasteiger partial charge < -0.3 is 10.2 Å². The van der Waals surface area contributed by atoms with E-state index in [4.69, 9.17) is 0 Å². The SMILES string of the molecule is CCCCN1CCN(C(=O)NCc2cccnc2)CC1.[HH]. The number of unbranched alkanes of at least 4 members (excludes halogenated alkanes) is 1. The number of carbonyl (C=O) groups is 1. The third-order valence-electron chi connectivity index (χ3n) is 3.65. The summed E-state index contributed by atoms with van der Waals surface area (Å²) >= 11 is 0. The van der Waals surface area contributed by atoms with Gasteiger partial charge in [0.15, 0.2) is 0 Å². The van der Waals surface area contributed by atoms with Crippen LogP contribution in [0.4, 0.5) is 4.79 Å². The van der Waals surface area contributed by atoms with Gasteiger partial charge >= 0.3 is 6.03 Å². The topological polar surface area (TPSA) is 48.5 Å². The highest BCUT2D eigenvalue weighted by Crippen LogP contribution is 2.04. The van der Waals surface area contributed by atoms with E-state index in [2.05, 4.69) is 22.1 Å². The quantitative estimate of drug-likeness (QED) is 0.895. The van der Waals surface area contributed by atoms with Crippen LogP contribution in [-0.2, 0) is 6.54 Å². The van der Waals surface area contributed by atoms with Crippen molar-refractivity contribution in [2.45, 2.75) is 26.3 Å². The summed E-state index contributed by atoms with van der Waals surface area (Å²) in [5, 5.41) is 2.96. The van der Waals surface area contributed by atoms with E-state index in [9.17, 15) is 4.79 Å². The van der Waals surface area contributed by atoms with Gasteiger partial charge in [-0.2, -0.15) is 0 Å². The summed E-state index contributed by atoms with van der Waals surface area (Å²) in [4.78, 5) is 20.5. The molecule has 0 atom stereocenters. The minimum absolute atomic E-state index is 0. The Labute approximate surface area is 122 Å². The van der Waals surface area contributed by atoms with Crippen molar-refractivity contribution in [3.63, 3.8) is 0 Å². The van der Waals surface area contributed by atoms with Gasteiger partial charge in [0.1, 0.15) is 0 Å². The predicted octanol–water partition coefficient (Wildman–Crippen LogP) is 1.95. The molecule has 2 rings (SSSR count). The molecule has 1 aliphatic heterocycles. The van der Waals surface area contributed by atoms with Gasteiger partial charge in [0.2, 0.25) is 0 Å². The Balaban J connectivity index is 0.00000220. The number of pyridine rings is 1. The summed E-state index contributed by atoms with van der Waals surface area (Å²) in [5.74, 6) is 0. The first-order chi connectivity index (χ1) is 9.79. The Hall–Kier alpha value is -1.62. The predicted molar refractivity (Wildman–Crippen MR) is 81.5 cm³/mol. The maximum Gasteiger partial charge on any atom is 0.317 e. The molecule has 0 radical (unpaired) electrons. The highest BCUT2D eigenvalue weighted by Gasteiger charge is 2.20. The van der Waals surface area contributed by atoms with Crippen LogP contribution in [0.25, 0.3) is 0 Å². The van der Waals surface area contributed by atoms with E-state index in [-0.39, 0.29) is 7.46 Å². The number of nitrogens with zero attached hydrogens (tertiary/aromatic N) is 3. The molecule has 2 amide bonds. The number of nitrogens with one attached hydrogen (secondary N) is 1. The van der Waals surface area contributed by atoms with Gasteiger partial charge in [0, 0.05) is 46.5 Å². The molecule has 112 valence electrons. The van der Waals surface area contributed by atoms with Crippen molar-refractivity contribution in [1.82, 2.24) is 20.1 Å². The van der Waals surface area contributed by atoms with Gasteiger partial charge in [0.25, 0.3) is 0 Å². The van der Waals surface area contributed by atoms with Gasteiger partial charge in [0.05, 0.1) is 0 Å². The fourth-order valence-electron chi connectivity index (χ4n) is 2.35. The van der Waals surface area contributed by atoms with E-state index in [0.717, 1.165) is 38.3 Å². The first kappa shape index (κ1) is 14.8. The average Bonchev–Trinajstić information content (AvgIpc) is 2.52. The Bertz CT molecular complexity index is 407. The minimum atomic E-state index is 0. The van der Waals surface area contributed by atoms with Crippen molar-refractivity contribution in [2.24, 2.45) is 0 Å². The molecule has 1 aromatic rings. The lowest BCUT2D eigenvalue weighted by atomic mass is 10.2. The molecule has 1 aliphatic rings. The van der Waals surface area contributed by atoms with Crippen LogP contribution in [0.15, 0.2) is 24.5 Å². The van der Waals surface area contributed by atoms with Crippen LogP contribution in [0.1, 0.15) is 26.8 Å². The highest BCUT2D eigenvalue weighted by atomic mass is 16.2. The Morgan fingerprint density at radius 1 is 1.40 bits per heavy atom. The number of hydrogen-bond donors (Lipinski definition) is 1. The van der Waals surface area contributed by atoms with Crippen LogP contribution >= 0.6 is 0 Å². The summed E-state index contributed by atoms with van der Waals surface area (Å²) in [6.07, 6.45) is 5.99.